The fraction of sp³-hybridized carbons (Fsp3) is 0.833. The van der Waals surface area contributed by atoms with E-state index >= 15 is 0 Å². The summed E-state index contributed by atoms with van der Waals surface area (Å²) in [6.45, 7) is 6.39. The molecule has 1 spiro atoms. The van der Waals surface area contributed by atoms with Crippen molar-refractivity contribution in [2.45, 2.75) is 26.2 Å². The molecule has 0 unspecified atom stereocenters. The van der Waals surface area contributed by atoms with Crippen LogP contribution in [0.1, 0.15) is 26.2 Å². The summed E-state index contributed by atoms with van der Waals surface area (Å²) in [5, 5.41) is 8.62. The predicted octanol–water partition coefficient (Wildman–Crippen LogP) is 0.844. The first kappa shape index (κ1) is 11.4. The molecule has 0 aromatic rings. The minimum atomic E-state index is 0.282. The number of hydrogen-bond donors (Lipinski definition) is 0. The lowest BCUT2D eigenvalue weighted by atomic mass is 9.72. The molecule has 0 atom stereocenters. The minimum absolute atomic E-state index is 0.282. The van der Waals surface area contributed by atoms with Crippen molar-refractivity contribution >= 4 is 5.91 Å². The van der Waals surface area contributed by atoms with Crippen LogP contribution in [0.15, 0.2) is 0 Å². The molecule has 2 aliphatic rings. The Hall–Kier alpha value is -1.08. The number of carbonyl (C=O) groups excluding carboxylic acids is 1. The standard InChI is InChI=1S/C12H19N3O/c1-2-11(16)15-9-12(10-15)3-6-14(7-4-12)8-5-13/h2-4,6-10H2,1H3. The van der Waals surface area contributed by atoms with Crippen LogP contribution < -0.4 is 0 Å². The number of hydrogen-bond acceptors (Lipinski definition) is 3. The van der Waals surface area contributed by atoms with Crippen LogP contribution in [0.3, 0.4) is 0 Å². The van der Waals surface area contributed by atoms with Crippen LogP contribution in [0.5, 0.6) is 0 Å². The average Bonchev–Trinajstić information content (AvgIpc) is 2.27. The molecule has 88 valence electrons. The summed E-state index contributed by atoms with van der Waals surface area (Å²) in [6.07, 6.45) is 2.90. The monoisotopic (exact) mass is 221 g/mol. The van der Waals surface area contributed by atoms with Gasteiger partial charge in [-0.2, -0.15) is 5.26 Å². The summed E-state index contributed by atoms with van der Waals surface area (Å²) < 4.78 is 0. The first-order chi connectivity index (χ1) is 7.69. The molecule has 2 fully saturated rings. The number of rotatable bonds is 2. The van der Waals surface area contributed by atoms with E-state index in [4.69, 9.17) is 5.26 Å². The van der Waals surface area contributed by atoms with E-state index in [2.05, 4.69) is 11.0 Å². The summed E-state index contributed by atoms with van der Waals surface area (Å²) in [5.41, 5.74) is 0.386. The first-order valence-electron chi connectivity index (χ1n) is 6.06. The highest BCUT2D eigenvalue weighted by molar-refractivity contribution is 5.76. The van der Waals surface area contributed by atoms with Crippen molar-refractivity contribution in [1.82, 2.24) is 9.80 Å². The number of amides is 1. The van der Waals surface area contributed by atoms with Crippen molar-refractivity contribution < 1.29 is 4.79 Å². The third kappa shape index (κ3) is 2.05. The van der Waals surface area contributed by atoms with Gasteiger partial charge in [-0.15, -0.1) is 0 Å². The van der Waals surface area contributed by atoms with E-state index in [9.17, 15) is 4.79 Å². The zero-order chi connectivity index (χ0) is 11.6. The summed E-state index contributed by atoms with van der Waals surface area (Å²) in [6, 6.07) is 2.20. The molecule has 0 aromatic heterocycles. The Morgan fingerprint density at radius 3 is 2.50 bits per heavy atom. The maximum atomic E-state index is 11.5. The third-order valence-corrected chi connectivity index (χ3v) is 3.92. The van der Waals surface area contributed by atoms with Gasteiger partial charge in [-0.1, -0.05) is 6.92 Å². The van der Waals surface area contributed by atoms with Crippen LogP contribution in [-0.2, 0) is 4.79 Å². The Balaban J connectivity index is 1.79. The summed E-state index contributed by atoms with van der Waals surface area (Å²) in [4.78, 5) is 15.6. The van der Waals surface area contributed by atoms with Gasteiger partial charge in [0.05, 0.1) is 12.6 Å². The SMILES string of the molecule is CCC(=O)N1CC2(CCN(CC#N)CC2)C1. The predicted molar refractivity (Wildman–Crippen MR) is 60.6 cm³/mol. The molecule has 0 bridgehead atoms. The molecular weight excluding hydrogens is 202 g/mol. The van der Waals surface area contributed by atoms with E-state index in [1.807, 2.05) is 11.8 Å². The smallest absolute Gasteiger partial charge is 0.222 e. The zero-order valence-electron chi connectivity index (χ0n) is 9.91. The summed E-state index contributed by atoms with van der Waals surface area (Å²) in [5.74, 6) is 0.282. The van der Waals surface area contributed by atoms with Crippen LogP contribution in [0.2, 0.25) is 0 Å². The van der Waals surface area contributed by atoms with Crippen molar-refractivity contribution in [3.63, 3.8) is 0 Å². The molecule has 1 amide bonds. The molecule has 0 aromatic carbocycles. The lowest BCUT2D eigenvalue weighted by Crippen LogP contribution is -2.61. The van der Waals surface area contributed by atoms with Crippen LogP contribution in [0.25, 0.3) is 0 Å². The largest absolute Gasteiger partial charge is 0.341 e. The highest BCUT2D eigenvalue weighted by atomic mass is 16.2. The Kier molecular flexibility index (Phi) is 3.15. The van der Waals surface area contributed by atoms with Crippen LogP contribution in [0.4, 0.5) is 0 Å². The van der Waals surface area contributed by atoms with E-state index in [0.717, 1.165) is 39.0 Å². The highest BCUT2D eigenvalue weighted by Gasteiger charge is 2.45. The second kappa shape index (κ2) is 4.42. The van der Waals surface area contributed by atoms with Crippen LogP contribution >= 0.6 is 0 Å². The third-order valence-electron chi connectivity index (χ3n) is 3.92. The topological polar surface area (TPSA) is 47.3 Å². The highest BCUT2D eigenvalue weighted by Crippen LogP contribution is 2.40. The molecule has 4 nitrogen and oxygen atoms in total. The second-order valence-electron chi connectivity index (χ2n) is 5.04. The van der Waals surface area contributed by atoms with E-state index in [-0.39, 0.29) is 5.91 Å². The van der Waals surface area contributed by atoms with Gasteiger partial charge in [0.2, 0.25) is 5.91 Å². The van der Waals surface area contributed by atoms with Crippen molar-refractivity contribution in [1.29, 1.82) is 5.26 Å². The lowest BCUT2D eigenvalue weighted by molar-refractivity contribution is -0.146. The quantitative estimate of drug-likeness (QED) is 0.649. The Labute approximate surface area is 96.8 Å². The van der Waals surface area contributed by atoms with E-state index in [0.29, 0.717) is 18.4 Å². The average molecular weight is 221 g/mol. The molecular formula is C12H19N3O. The van der Waals surface area contributed by atoms with Gasteiger partial charge in [0.1, 0.15) is 0 Å². The molecule has 0 aliphatic carbocycles. The Morgan fingerprint density at radius 1 is 1.38 bits per heavy atom. The molecule has 0 saturated carbocycles. The molecule has 2 heterocycles. The number of carbonyl (C=O) groups is 1. The van der Waals surface area contributed by atoms with E-state index in [1.54, 1.807) is 0 Å². The summed E-state index contributed by atoms with van der Waals surface area (Å²) in [7, 11) is 0. The van der Waals surface area contributed by atoms with Gasteiger partial charge in [-0.05, 0) is 25.9 Å². The number of nitriles is 1. The lowest BCUT2D eigenvalue weighted by Gasteiger charge is -2.53. The minimum Gasteiger partial charge on any atom is -0.341 e. The Bertz CT molecular complexity index is 305. The normalized spacial score (nSPS) is 23.9. The molecule has 0 N–H and O–H groups in total. The fourth-order valence-electron chi connectivity index (χ4n) is 2.77. The van der Waals surface area contributed by atoms with E-state index in [1.165, 1.54) is 0 Å². The molecule has 16 heavy (non-hydrogen) atoms. The van der Waals surface area contributed by atoms with Crippen LogP contribution in [0, 0.1) is 16.7 Å². The maximum Gasteiger partial charge on any atom is 0.222 e. The first-order valence-corrected chi connectivity index (χ1v) is 6.06. The number of likely N-dealkylation sites (tertiary alicyclic amines) is 2. The van der Waals surface area contributed by atoms with Gasteiger partial charge < -0.3 is 4.90 Å². The number of piperidine rings is 1. The van der Waals surface area contributed by atoms with Crippen molar-refractivity contribution in [2.24, 2.45) is 5.41 Å². The van der Waals surface area contributed by atoms with Gasteiger partial charge in [0.25, 0.3) is 0 Å². The summed E-state index contributed by atoms with van der Waals surface area (Å²) >= 11 is 0. The van der Waals surface area contributed by atoms with Gasteiger partial charge in [-0.3, -0.25) is 9.69 Å². The molecule has 4 heteroatoms. The van der Waals surface area contributed by atoms with Gasteiger partial charge >= 0.3 is 0 Å². The van der Waals surface area contributed by atoms with Crippen molar-refractivity contribution in [2.75, 3.05) is 32.7 Å². The second-order valence-corrected chi connectivity index (χ2v) is 5.04. The zero-order valence-corrected chi connectivity index (χ0v) is 9.91. The van der Waals surface area contributed by atoms with Gasteiger partial charge in [0.15, 0.2) is 0 Å². The molecule has 2 saturated heterocycles. The maximum absolute atomic E-state index is 11.5. The van der Waals surface area contributed by atoms with Gasteiger partial charge in [0, 0.05) is 24.9 Å². The molecule has 2 rings (SSSR count). The fourth-order valence-corrected chi connectivity index (χ4v) is 2.77. The number of nitrogens with zero attached hydrogens (tertiary/aromatic N) is 3. The van der Waals surface area contributed by atoms with E-state index < -0.39 is 0 Å². The molecule has 2 aliphatic heterocycles. The van der Waals surface area contributed by atoms with Gasteiger partial charge in [-0.25, -0.2) is 0 Å². The van der Waals surface area contributed by atoms with Crippen molar-refractivity contribution in [3.05, 3.63) is 0 Å². The van der Waals surface area contributed by atoms with Crippen LogP contribution in [-0.4, -0.2) is 48.4 Å². The molecule has 0 radical (unpaired) electrons. The van der Waals surface area contributed by atoms with Crippen molar-refractivity contribution in [3.8, 4) is 6.07 Å². The Morgan fingerprint density at radius 2 is 2.00 bits per heavy atom.